The van der Waals surface area contributed by atoms with Gasteiger partial charge < -0.3 is 4.74 Å². The Morgan fingerprint density at radius 1 is 1.05 bits per heavy atom. The zero-order valence-electron chi connectivity index (χ0n) is 11.7. The standard InChI is InChI=1S/C10H20O8S2/c1-4-16-10(11)9(18-20(3,14)15)7-5-6-8-17-19(2,12)13/h9H,4-8H2,1-3H3. The summed E-state index contributed by atoms with van der Waals surface area (Å²) in [7, 11) is -7.28. The van der Waals surface area contributed by atoms with Crippen molar-refractivity contribution in [3.05, 3.63) is 0 Å². The van der Waals surface area contributed by atoms with Crippen molar-refractivity contribution in [1.29, 1.82) is 0 Å². The molecule has 120 valence electrons. The van der Waals surface area contributed by atoms with Gasteiger partial charge in [-0.3, -0.25) is 8.37 Å². The molecule has 0 aromatic heterocycles. The summed E-state index contributed by atoms with van der Waals surface area (Å²) in [5.74, 6) is -0.762. The van der Waals surface area contributed by atoms with Crippen molar-refractivity contribution in [2.24, 2.45) is 0 Å². The molecule has 0 amide bonds. The van der Waals surface area contributed by atoms with Crippen molar-refractivity contribution in [1.82, 2.24) is 0 Å². The van der Waals surface area contributed by atoms with Crippen LogP contribution in [0.1, 0.15) is 26.2 Å². The summed E-state index contributed by atoms with van der Waals surface area (Å²) in [6.07, 6.45) is 1.35. The van der Waals surface area contributed by atoms with Gasteiger partial charge in [0.15, 0.2) is 6.10 Å². The minimum atomic E-state index is -3.78. The highest BCUT2D eigenvalue weighted by Gasteiger charge is 2.24. The molecule has 20 heavy (non-hydrogen) atoms. The summed E-state index contributed by atoms with van der Waals surface area (Å²) in [5.41, 5.74) is 0. The van der Waals surface area contributed by atoms with Crippen LogP contribution < -0.4 is 0 Å². The van der Waals surface area contributed by atoms with Gasteiger partial charge >= 0.3 is 5.97 Å². The fraction of sp³-hybridized carbons (Fsp3) is 0.900. The van der Waals surface area contributed by atoms with E-state index in [-0.39, 0.29) is 19.6 Å². The summed E-state index contributed by atoms with van der Waals surface area (Å²) in [4.78, 5) is 11.5. The number of rotatable bonds is 10. The number of carbonyl (C=O) groups is 1. The van der Waals surface area contributed by atoms with Crippen LogP contribution >= 0.6 is 0 Å². The largest absolute Gasteiger partial charge is 0.464 e. The van der Waals surface area contributed by atoms with E-state index in [1.54, 1.807) is 6.92 Å². The van der Waals surface area contributed by atoms with E-state index in [2.05, 4.69) is 8.37 Å². The molecule has 0 bridgehead atoms. The molecule has 1 unspecified atom stereocenters. The summed E-state index contributed by atoms with van der Waals surface area (Å²) in [6.45, 7) is 1.67. The lowest BCUT2D eigenvalue weighted by Gasteiger charge is -2.14. The van der Waals surface area contributed by atoms with Crippen molar-refractivity contribution >= 4 is 26.2 Å². The van der Waals surface area contributed by atoms with Gasteiger partial charge in [0.1, 0.15) is 0 Å². The van der Waals surface area contributed by atoms with Gasteiger partial charge in [0.2, 0.25) is 0 Å². The lowest BCUT2D eigenvalue weighted by molar-refractivity contribution is -0.151. The summed E-state index contributed by atoms with van der Waals surface area (Å²) in [5, 5.41) is 0. The van der Waals surface area contributed by atoms with Crippen molar-refractivity contribution in [2.75, 3.05) is 25.7 Å². The van der Waals surface area contributed by atoms with Crippen LogP contribution in [0.5, 0.6) is 0 Å². The first-order valence-electron chi connectivity index (χ1n) is 5.94. The average Bonchev–Trinajstić information content (AvgIpc) is 2.24. The van der Waals surface area contributed by atoms with Crippen LogP contribution in [0.2, 0.25) is 0 Å². The lowest BCUT2D eigenvalue weighted by Crippen LogP contribution is -2.29. The number of hydrogen-bond acceptors (Lipinski definition) is 8. The van der Waals surface area contributed by atoms with Gasteiger partial charge in [-0.05, 0) is 26.2 Å². The molecule has 0 aromatic rings. The molecule has 0 fully saturated rings. The highest BCUT2D eigenvalue weighted by molar-refractivity contribution is 7.86. The Bertz CT molecular complexity index is 493. The van der Waals surface area contributed by atoms with Crippen LogP contribution in [0, 0.1) is 0 Å². The molecule has 0 saturated carbocycles. The summed E-state index contributed by atoms with van der Waals surface area (Å²) >= 11 is 0. The van der Waals surface area contributed by atoms with Crippen molar-refractivity contribution in [3.8, 4) is 0 Å². The molecule has 0 radical (unpaired) electrons. The zero-order valence-corrected chi connectivity index (χ0v) is 13.3. The second-order valence-corrected chi connectivity index (χ2v) is 7.31. The van der Waals surface area contributed by atoms with Gasteiger partial charge in [0, 0.05) is 0 Å². The highest BCUT2D eigenvalue weighted by atomic mass is 32.2. The molecule has 0 aliphatic carbocycles. The summed E-state index contributed by atoms with van der Waals surface area (Å²) < 4.78 is 57.4. The maximum Gasteiger partial charge on any atom is 0.336 e. The SMILES string of the molecule is CCOC(=O)C(CCCCOS(C)(=O)=O)OS(C)(=O)=O. The smallest absolute Gasteiger partial charge is 0.336 e. The van der Waals surface area contributed by atoms with Crippen LogP contribution in [-0.4, -0.2) is 54.6 Å². The van der Waals surface area contributed by atoms with Crippen LogP contribution in [0.25, 0.3) is 0 Å². The maximum atomic E-state index is 11.5. The Morgan fingerprint density at radius 2 is 1.65 bits per heavy atom. The minimum absolute atomic E-state index is 0.0345. The Hall–Kier alpha value is -0.710. The van der Waals surface area contributed by atoms with E-state index in [1.807, 2.05) is 0 Å². The molecule has 0 rings (SSSR count). The second kappa shape index (κ2) is 8.55. The van der Waals surface area contributed by atoms with Gasteiger partial charge in [-0.25, -0.2) is 4.79 Å². The molecule has 1 atom stereocenters. The van der Waals surface area contributed by atoms with Crippen LogP contribution in [0.3, 0.4) is 0 Å². The van der Waals surface area contributed by atoms with Gasteiger partial charge in [-0.2, -0.15) is 16.8 Å². The fourth-order valence-corrected chi connectivity index (χ4v) is 2.31. The fourth-order valence-electron chi connectivity index (χ4n) is 1.29. The molecular weight excluding hydrogens is 312 g/mol. The first-order valence-corrected chi connectivity index (χ1v) is 9.57. The first kappa shape index (κ1) is 19.3. The van der Waals surface area contributed by atoms with Crippen LogP contribution in [0.4, 0.5) is 0 Å². The third-order valence-corrected chi connectivity index (χ3v) is 3.18. The number of ether oxygens (including phenoxy) is 1. The minimum Gasteiger partial charge on any atom is -0.464 e. The molecule has 0 heterocycles. The predicted octanol–water partition coefficient (Wildman–Crippen LogP) is 0.0408. The summed E-state index contributed by atoms with van der Waals surface area (Å²) in [6, 6.07) is 0. The Morgan fingerprint density at radius 3 is 2.10 bits per heavy atom. The quantitative estimate of drug-likeness (QED) is 0.313. The second-order valence-electron chi connectivity index (χ2n) is 4.06. The topological polar surface area (TPSA) is 113 Å². The van der Waals surface area contributed by atoms with E-state index in [4.69, 9.17) is 4.74 Å². The molecule has 0 aliphatic rings. The van der Waals surface area contributed by atoms with E-state index < -0.39 is 32.3 Å². The maximum absolute atomic E-state index is 11.5. The van der Waals surface area contributed by atoms with Gasteiger partial charge in [-0.1, -0.05) is 0 Å². The normalized spacial score (nSPS) is 13.9. The third kappa shape index (κ3) is 11.1. The number of hydrogen-bond donors (Lipinski definition) is 0. The van der Waals surface area contributed by atoms with Crippen molar-refractivity contribution < 1.29 is 34.7 Å². The molecular formula is C10H20O8S2. The molecule has 8 nitrogen and oxygen atoms in total. The average molecular weight is 332 g/mol. The molecule has 0 N–H and O–H groups in total. The third-order valence-electron chi connectivity index (χ3n) is 2.00. The van der Waals surface area contributed by atoms with Crippen molar-refractivity contribution in [2.45, 2.75) is 32.3 Å². The molecule has 10 heteroatoms. The van der Waals surface area contributed by atoms with Crippen molar-refractivity contribution in [3.63, 3.8) is 0 Å². The van der Waals surface area contributed by atoms with E-state index in [1.165, 1.54) is 0 Å². The zero-order chi connectivity index (χ0) is 15.8. The Balaban J connectivity index is 4.27. The lowest BCUT2D eigenvalue weighted by atomic mass is 10.1. The van der Waals surface area contributed by atoms with E-state index in [9.17, 15) is 21.6 Å². The molecule has 0 aromatic carbocycles. The van der Waals surface area contributed by atoms with E-state index in [0.29, 0.717) is 12.8 Å². The Kier molecular flexibility index (Phi) is 8.25. The number of esters is 1. The predicted molar refractivity (Wildman–Crippen MR) is 71.0 cm³/mol. The molecule has 0 spiro atoms. The molecule has 0 aliphatic heterocycles. The van der Waals surface area contributed by atoms with Crippen LogP contribution in [0.15, 0.2) is 0 Å². The number of carbonyl (C=O) groups excluding carboxylic acids is 1. The highest BCUT2D eigenvalue weighted by Crippen LogP contribution is 2.10. The number of unbranched alkanes of at least 4 members (excludes halogenated alkanes) is 1. The van der Waals surface area contributed by atoms with Crippen LogP contribution in [-0.2, 0) is 38.1 Å². The monoisotopic (exact) mass is 332 g/mol. The van der Waals surface area contributed by atoms with E-state index >= 15 is 0 Å². The van der Waals surface area contributed by atoms with Gasteiger partial charge in [0.05, 0.1) is 25.7 Å². The first-order chi connectivity index (χ1) is 9.05. The van der Waals surface area contributed by atoms with Gasteiger partial charge in [0.25, 0.3) is 20.2 Å². The Labute approximate surface area is 119 Å². The van der Waals surface area contributed by atoms with Gasteiger partial charge in [-0.15, -0.1) is 0 Å². The van der Waals surface area contributed by atoms with E-state index in [0.717, 1.165) is 12.5 Å². The molecule has 0 saturated heterocycles.